The molecule has 1 aromatic rings. The molecule has 1 aliphatic rings. The van der Waals surface area contributed by atoms with E-state index in [9.17, 15) is 4.79 Å². The molecule has 1 saturated carbocycles. The van der Waals surface area contributed by atoms with Gasteiger partial charge in [0.05, 0.1) is 0 Å². The van der Waals surface area contributed by atoms with Gasteiger partial charge in [-0.15, -0.1) is 0 Å². The fourth-order valence-electron chi connectivity index (χ4n) is 1.59. The van der Waals surface area contributed by atoms with Crippen LogP contribution in [0.1, 0.15) is 30.3 Å². The number of furan rings is 1. The number of rotatable bonds is 3. The van der Waals surface area contributed by atoms with E-state index in [4.69, 9.17) is 9.52 Å². The molecule has 1 aliphatic carbocycles. The van der Waals surface area contributed by atoms with Crippen molar-refractivity contribution in [3.8, 4) is 0 Å². The van der Waals surface area contributed by atoms with E-state index in [0.29, 0.717) is 17.8 Å². The van der Waals surface area contributed by atoms with Gasteiger partial charge in [0.25, 0.3) is 0 Å². The third kappa shape index (κ3) is 1.60. The number of carbonyl (C=O) groups is 1. The molecule has 76 valence electrons. The molecular weight excluding hydrogens is 182 g/mol. The van der Waals surface area contributed by atoms with E-state index < -0.39 is 5.97 Å². The van der Waals surface area contributed by atoms with Gasteiger partial charge in [-0.2, -0.15) is 0 Å². The maximum Gasteiger partial charge on any atom is 0.371 e. The predicted octanol–water partition coefficient (Wildman–Crippen LogP) is 2.19. The fraction of sp³-hybridized carbons (Fsp3) is 0.500. The Hall–Kier alpha value is -1.45. The summed E-state index contributed by atoms with van der Waals surface area (Å²) in [6, 6.07) is 3.56. The molecule has 0 bridgehead atoms. The van der Waals surface area contributed by atoms with E-state index in [0.717, 1.165) is 6.42 Å². The van der Waals surface area contributed by atoms with Crippen molar-refractivity contribution in [2.75, 3.05) is 5.32 Å². The number of carboxylic acid groups (broad SMARTS) is 1. The second kappa shape index (κ2) is 3.36. The normalized spacial score (nSPS) is 25.5. The molecule has 2 unspecified atom stereocenters. The molecular formula is C10H13NO3. The minimum Gasteiger partial charge on any atom is -0.475 e. The zero-order valence-electron chi connectivity index (χ0n) is 7.99. The summed E-state index contributed by atoms with van der Waals surface area (Å²) >= 11 is 0. The zero-order valence-corrected chi connectivity index (χ0v) is 7.99. The van der Waals surface area contributed by atoms with Crippen LogP contribution in [0.2, 0.25) is 0 Å². The predicted molar refractivity (Wildman–Crippen MR) is 51.5 cm³/mol. The highest BCUT2D eigenvalue weighted by Crippen LogP contribution is 2.30. The molecule has 4 heteroatoms. The van der Waals surface area contributed by atoms with Crippen molar-refractivity contribution in [2.45, 2.75) is 25.8 Å². The Bertz CT molecular complexity index is 345. The van der Waals surface area contributed by atoms with E-state index in [2.05, 4.69) is 12.2 Å². The van der Waals surface area contributed by atoms with Crippen molar-refractivity contribution >= 4 is 11.9 Å². The molecule has 2 N–H and O–H groups in total. The first-order valence-electron chi connectivity index (χ1n) is 4.76. The molecule has 0 radical (unpaired) electrons. The summed E-state index contributed by atoms with van der Waals surface area (Å²) in [4.78, 5) is 10.5. The van der Waals surface area contributed by atoms with Gasteiger partial charge >= 0.3 is 5.97 Å². The molecule has 0 saturated heterocycles. The lowest BCUT2D eigenvalue weighted by atomic mass is 9.81. The Morgan fingerprint density at radius 2 is 2.36 bits per heavy atom. The van der Waals surface area contributed by atoms with E-state index in [1.807, 2.05) is 0 Å². The molecule has 14 heavy (non-hydrogen) atoms. The van der Waals surface area contributed by atoms with Gasteiger partial charge in [0.15, 0.2) is 5.88 Å². The Kier molecular flexibility index (Phi) is 2.19. The van der Waals surface area contributed by atoms with Crippen molar-refractivity contribution in [3.63, 3.8) is 0 Å². The summed E-state index contributed by atoms with van der Waals surface area (Å²) in [7, 11) is 0. The molecule has 4 nitrogen and oxygen atoms in total. The van der Waals surface area contributed by atoms with Gasteiger partial charge < -0.3 is 14.8 Å². The molecule has 0 aliphatic heterocycles. The van der Waals surface area contributed by atoms with Crippen LogP contribution in [0.25, 0.3) is 0 Å². The van der Waals surface area contributed by atoms with E-state index in [-0.39, 0.29) is 5.76 Å². The minimum absolute atomic E-state index is 0.0144. The maximum absolute atomic E-state index is 10.5. The van der Waals surface area contributed by atoms with Gasteiger partial charge in [-0.25, -0.2) is 4.79 Å². The third-order valence-electron chi connectivity index (χ3n) is 2.76. The van der Waals surface area contributed by atoms with Crippen molar-refractivity contribution in [1.82, 2.24) is 0 Å². The molecule has 0 spiro atoms. The van der Waals surface area contributed by atoms with Crippen LogP contribution in [0.5, 0.6) is 0 Å². The maximum atomic E-state index is 10.5. The van der Waals surface area contributed by atoms with Gasteiger partial charge in [0.2, 0.25) is 5.76 Å². The van der Waals surface area contributed by atoms with Crippen LogP contribution in [0.4, 0.5) is 5.88 Å². The highest BCUT2D eigenvalue weighted by Gasteiger charge is 2.27. The summed E-state index contributed by atoms with van der Waals surface area (Å²) in [5, 5.41) is 11.8. The van der Waals surface area contributed by atoms with Gasteiger partial charge in [-0.3, -0.25) is 0 Å². The summed E-state index contributed by atoms with van der Waals surface area (Å²) < 4.78 is 5.09. The number of hydrogen-bond acceptors (Lipinski definition) is 3. The van der Waals surface area contributed by atoms with Crippen LogP contribution in [0.15, 0.2) is 16.5 Å². The lowest BCUT2D eigenvalue weighted by molar-refractivity contribution is 0.0663. The van der Waals surface area contributed by atoms with Crippen molar-refractivity contribution < 1.29 is 14.3 Å². The number of aromatic carboxylic acids is 1. The molecule has 0 amide bonds. The summed E-state index contributed by atoms with van der Waals surface area (Å²) in [6.45, 7) is 2.17. The second-order valence-corrected chi connectivity index (χ2v) is 3.77. The average Bonchev–Trinajstić information content (AvgIpc) is 2.60. The van der Waals surface area contributed by atoms with Crippen LogP contribution >= 0.6 is 0 Å². The molecule has 1 fully saturated rings. The first kappa shape index (κ1) is 9.12. The topological polar surface area (TPSA) is 62.5 Å². The Morgan fingerprint density at radius 1 is 1.57 bits per heavy atom. The van der Waals surface area contributed by atoms with Crippen LogP contribution in [-0.4, -0.2) is 17.1 Å². The van der Waals surface area contributed by atoms with Gasteiger partial charge in [-0.1, -0.05) is 6.92 Å². The van der Waals surface area contributed by atoms with Crippen LogP contribution < -0.4 is 5.32 Å². The second-order valence-electron chi connectivity index (χ2n) is 3.77. The number of carboxylic acids is 1. The smallest absolute Gasteiger partial charge is 0.371 e. The Morgan fingerprint density at radius 3 is 2.79 bits per heavy atom. The van der Waals surface area contributed by atoms with E-state index >= 15 is 0 Å². The highest BCUT2D eigenvalue weighted by atomic mass is 16.4. The van der Waals surface area contributed by atoms with Gasteiger partial charge in [0, 0.05) is 12.1 Å². The summed E-state index contributed by atoms with van der Waals surface area (Å²) in [6.07, 6.45) is 2.36. The van der Waals surface area contributed by atoms with Crippen molar-refractivity contribution in [2.24, 2.45) is 5.92 Å². The number of nitrogens with one attached hydrogen (secondary N) is 1. The van der Waals surface area contributed by atoms with Gasteiger partial charge in [-0.05, 0) is 24.8 Å². The lowest BCUT2D eigenvalue weighted by Gasteiger charge is -2.34. The SMILES string of the molecule is CC1CCC1Nc1ccc(C(=O)O)o1. The Balaban J connectivity index is 1.99. The first-order valence-corrected chi connectivity index (χ1v) is 4.76. The quantitative estimate of drug-likeness (QED) is 0.776. The van der Waals surface area contributed by atoms with E-state index in [1.54, 1.807) is 6.07 Å². The molecule has 2 atom stereocenters. The average molecular weight is 195 g/mol. The minimum atomic E-state index is -1.03. The highest BCUT2D eigenvalue weighted by molar-refractivity contribution is 5.84. The summed E-state index contributed by atoms with van der Waals surface area (Å²) in [5.41, 5.74) is 0. The summed E-state index contributed by atoms with van der Waals surface area (Å²) in [5.74, 6) is 0.159. The molecule has 2 rings (SSSR count). The lowest BCUT2D eigenvalue weighted by Crippen LogP contribution is -2.36. The number of anilines is 1. The molecule has 1 aromatic heterocycles. The van der Waals surface area contributed by atoms with Gasteiger partial charge in [0.1, 0.15) is 0 Å². The van der Waals surface area contributed by atoms with Crippen LogP contribution in [0.3, 0.4) is 0 Å². The molecule has 0 aromatic carbocycles. The first-order chi connectivity index (χ1) is 6.66. The standard InChI is InChI=1S/C10H13NO3/c1-6-2-3-7(6)11-9-5-4-8(14-9)10(12)13/h4-7,11H,2-3H2,1H3,(H,12,13). The number of hydrogen-bond donors (Lipinski definition) is 2. The van der Waals surface area contributed by atoms with Crippen LogP contribution in [-0.2, 0) is 0 Å². The zero-order chi connectivity index (χ0) is 10.1. The third-order valence-corrected chi connectivity index (χ3v) is 2.76. The van der Waals surface area contributed by atoms with E-state index in [1.165, 1.54) is 12.5 Å². The van der Waals surface area contributed by atoms with Crippen molar-refractivity contribution in [3.05, 3.63) is 17.9 Å². The van der Waals surface area contributed by atoms with Crippen molar-refractivity contribution in [1.29, 1.82) is 0 Å². The molecule has 1 heterocycles. The fourth-order valence-corrected chi connectivity index (χ4v) is 1.59. The monoisotopic (exact) mass is 195 g/mol. The Labute approximate surface area is 81.9 Å². The largest absolute Gasteiger partial charge is 0.475 e. The van der Waals surface area contributed by atoms with Crippen LogP contribution in [0, 0.1) is 5.92 Å².